The van der Waals surface area contributed by atoms with Crippen LogP contribution in [0.4, 0.5) is 14.5 Å². The van der Waals surface area contributed by atoms with Crippen LogP contribution in [0.1, 0.15) is 30.9 Å². The minimum absolute atomic E-state index is 0.0224. The molecule has 0 saturated carbocycles. The Balaban J connectivity index is 2.05. The number of likely N-dealkylation sites (tertiary alicyclic amines) is 1. The van der Waals surface area contributed by atoms with E-state index in [-0.39, 0.29) is 31.8 Å². The number of nitrogens with zero attached hydrogens (tertiary/aromatic N) is 1. The molecule has 4 N–H and O–H groups in total. The number of piperidine rings is 1. The van der Waals surface area contributed by atoms with Crippen LogP contribution in [0.25, 0.3) is 0 Å². The first-order valence-electron chi connectivity index (χ1n) is 8.61. The van der Waals surface area contributed by atoms with Crippen molar-refractivity contribution >= 4 is 29.1 Å². The molecule has 0 aromatic heterocycles. The van der Waals surface area contributed by atoms with Crippen molar-refractivity contribution in [3.05, 3.63) is 28.3 Å². The Morgan fingerprint density at radius 1 is 1.33 bits per heavy atom. The van der Waals surface area contributed by atoms with Crippen LogP contribution in [0, 0.1) is 13.8 Å². The van der Waals surface area contributed by atoms with E-state index in [0.29, 0.717) is 10.7 Å². The number of hydrogen-bond donors (Lipinski definition) is 3. The highest BCUT2D eigenvalue weighted by Crippen LogP contribution is 2.37. The fraction of sp³-hybridized carbons (Fsp3) is 0.556. The van der Waals surface area contributed by atoms with Gasteiger partial charge in [-0.05, 0) is 50.8 Å². The lowest BCUT2D eigenvalue weighted by molar-refractivity contribution is -0.203. The predicted molar refractivity (Wildman–Crippen MR) is 98.9 cm³/mol. The second-order valence-corrected chi connectivity index (χ2v) is 7.52. The highest BCUT2D eigenvalue weighted by atomic mass is 35.5. The van der Waals surface area contributed by atoms with E-state index in [9.17, 15) is 23.5 Å². The molecule has 0 spiro atoms. The maximum absolute atomic E-state index is 13.9. The Kier molecular flexibility index (Phi) is 6.13. The van der Waals surface area contributed by atoms with Gasteiger partial charge in [-0.2, -0.15) is 8.78 Å². The maximum Gasteiger partial charge on any atom is 0.352 e. The van der Waals surface area contributed by atoms with Crippen LogP contribution in [0.5, 0.6) is 0 Å². The molecule has 6 nitrogen and oxygen atoms in total. The minimum Gasteiger partial charge on any atom is -0.383 e. The molecular formula is C18H24ClF2N3O3. The van der Waals surface area contributed by atoms with Gasteiger partial charge in [0.15, 0.2) is 0 Å². The summed E-state index contributed by atoms with van der Waals surface area (Å²) in [6.45, 7) is 5.41. The SMILES string of the molecule is Cc1cc(C)c(NC(=O)C(C)N2CCC(O)(C(F)(F)C(N)=O)CC2)c(Cl)c1. The topological polar surface area (TPSA) is 95.7 Å². The number of benzene rings is 1. The monoisotopic (exact) mass is 403 g/mol. The lowest BCUT2D eigenvalue weighted by atomic mass is 9.84. The number of carbonyl (C=O) groups excluding carboxylic acids is 2. The number of aryl methyl sites for hydroxylation is 2. The zero-order valence-corrected chi connectivity index (χ0v) is 16.2. The molecule has 2 amide bonds. The number of amides is 2. The van der Waals surface area contributed by atoms with Gasteiger partial charge in [-0.3, -0.25) is 14.5 Å². The lowest BCUT2D eigenvalue weighted by Crippen LogP contribution is -2.61. The van der Waals surface area contributed by atoms with Crippen molar-refractivity contribution in [2.75, 3.05) is 18.4 Å². The molecule has 1 fully saturated rings. The molecular weight excluding hydrogens is 380 g/mol. The van der Waals surface area contributed by atoms with E-state index in [1.54, 1.807) is 17.9 Å². The number of alkyl halides is 2. The molecule has 150 valence electrons. The van der Waals surface area contributed by atoms with E-state index in [0.717, 1.165) is 11.1 Å². The summed E-state index contributed by atoms with van der Waals surface area (Å²) in [5, 5.41) is 13.3. The second kappa shape index (κ2) is 7.69. The minimum atomic E-state index is -4.02. The van der Waals surface area contributed by atoms with Crippen LogP contribution in [-0.4, -0.2) is 52.5 Å². The molecule has 0 bridgehead atoms. The number of nitrogens with one attached hydrogen (secondary N) is 1. The van der Waals surface area contributed by atoms with Crippen molar-refractivity contribution in [1.82, 2.24) is 4.90 Å². The van der Waals surface area contributed by atoms with Crippen LogP contribution in [-0.2, 0) is 9.59 Å². The Morgan fingerprint density at radius 2 is 1.89 bits per heavy atom. The number of halogens is 3. The summed E-state index contributed by atoms with van der Waals surface area (Å²) in [6, 6.07) is 2.99. The Labute approximate surface area is 161 Å². The summed E-state index contributed by atoms with van der Waals surface area (Å²) < 4.78 is 27.7. The lowest BCUT2D eigenvalue weighted by Gasteiger charge is -2.42. The highest BCUT2D eigenvalue weighted by Gasteiger charge is 2.58. The van der Waals surface area contributed by atoms with Crippen molar-refractivity contribution in [1.29, 1.82) is 0 Å². The van der Waals surface area contributed by atoms with Crippen molar-refractivity contribution in [3.8, 4) is 0 Å². The number of hydrogen-bond acceptors (Lipinski definition) is 4. The van der Waals surface area contributed by atoms with E-state index < -0.39 is 23.5 Å². The van der Waals surface area contributed by atoms with E-state index >= 15 is 0 Å². The first-order chi connectivity index (χ1) is 12.4. The molecule has 27 heavy (non-hydrogen) atoms. The van der Waals surface area contributed by atoms with Crippen molar-refractivity contribution in [3.63, 3.8) is 0 Å². The maximum atomic E-state index is 13.9. The van der Waals surface area contributed by atoms with Gasteiger partial charge in [-0.25, -0.2) is 0 Å². The molecule has 1 atom stereocenters. The third-order valence-corrected chi connectivity index (χ3v) is 5.42. The van der Waals surface area contributed by atoms with Gasteiger partial charge in [-0.1, -0.05) is 17.7 Å². The molecule has 9 heteroatoms. The summed E-state index contributed by atoms with van der Waals surface area (Å²) in [4.78, 5) is 25.2. The zero-order chi connectivity index (χ0) is 20.6. The highest BCUT2D eigenvalue weighted by molar-refractivity contribution is 6.34. The van der Waals surface area contributed by atoms with E-state index in [1.807, 2.05) is 19.9 Å². The van der Waals surface area contributed by atoms with Gasteiger partial charge >= 0.3 is 5.92 Å². The van der Waals surface area contributed by atoms with Crippen LogP contribution in [0.15, 0.2) is 12.1 Å². The number of primary amides is 1. The largest absolute Gasteiger partial charge is 0.383 e. The Hall–Kier alpha value is -1.77. The van der Waals surface area contributed by atoms with E-state index in [4.69, 9.17) is 17.3 Å². The third kappa shape index (κ3) is 4.23. The van der Waals surface area contributed by atoms with E-state index in [1.165, 1.54) is 0 Å². The first kappa shape index (κ1) is 21.5. The van der Waals surface area contributed by atoms with Crippen molar-refractivity contribution in [2.24, 2.45) is 5.73 Å². The summed E-state index contributed by atoms with van der Waals surface area (Å²) in [5.41, 5.74) is 4.51. The summed E-state index contributed by atoms with van der Waals surface area (Å²) >= 11 is 6.20. The molecule has 1 aromatic carbocycles. The van der Waals surface area contributed by atoms with Gasteiger partial charge in [-0.15, -0.1) is 0 Å². The fourth-order valence-corrected chi connectivity index (χ4v) is 3.66. The smallest absolute Gasteiger partial charge is 0.352 e. The molecule has 1 heterocycles. The third-order valence-electron chi connectivity index (χ3n) is 5.13. The van der Waals surface area contributed by atoms with Gasteiger partial charge in [0.2, 0.25) is 5.91 Å². The van der Waals surface area contributed by atoms with Crippen molar-refractivity contribution in [2.45, 2.75) is 51.2 Å². The van der Waals surface area contributed by atoms with Gasteiger partial charge in [0.25, 0.3) is 5.91 Å². The summed E-state index contributed by atoms with van der Waals surface area (Å²) in [7, 11) is 0. The predicted octanol–water partition coefficient (Wildman–Crippen LogP) is 2.23. The van der Waals surface area contributed by atoms with Gasteiger partial charge in [0, 0.05) is 13.1 Å². The first-order valence-corrected chi connectivity index (χ1v) is 8.98. The summed E-state index contributed by atoms with van der Waals surface area (Å²) in [5.74, 6) is -6.21. The quantitative estimate of drug-likeness (QED) is 0.702. The average Bonchev–Trinajstić information content (AvgIpc) is 2.57. The molecule has 0 aliphatic carbocycles. The number of anilines is 1. The number of nitrogens with two attached hydrogens (primary N) is 1. The normalized spacial score (nSPS) is 18.8. The van der Waals surface area contributed by atoms with Crippen LogP contribution in [0.3, 0.4) is 0 Å². The fourth-order valence-electron chi connectivity index (χ4n) is 3.29. The molecule has 2 rings (SSSR count). The van der Waals surface area contributed by atoms with Crippen LogP contribution < -0.4 is 11.1 Å². The zero-order valence-electron chi connectivity index (χ0n) is 15.5. The second-order valence-electron chi connectivity index (χ2n) is 7.11. The van der Waals surface area contributed by atoms with Gasteiger partial charge in [0.1, 0.15) is 5.60 Å². The van der Waals surface area contributed by atoms with Gasteiger partial charge in [0.05, 0.1) is 16.8 Å². The average molecular weight is 404 g/mol. The molecule has 1 aliphatic heterocycles. The van der Waals surface area contributed by atoms with E-state index in [2.05, 4.69) is 5.32 Å². The molecule has 1 aliphatic rings. The van der Waals surface area contributed by atoms with Crippen molar-refractivity contribution < 1.29 is 23.5 Å². The molecule has 1 unspecified atom stereocenters. The Morgan fingerprint density at radius 3 is 2.37 bits per heavy atom. The standard InChI is InChI=1S/C18H24ClF2N3O3/c1-10-8-11(2)14(13(19)9-10)23-15(25)12(3)24-6-4-17(27,5-7-24)18(20,21)16(22)26/h8-9,12,27H,4-7H2,1-3H3,(H2,22,26)(H,23,25). The van der Waals surface area contributed by atoms with Gasteiger partial charge < -0.3 is 16.2 Å². The number of carbonyl (C=O) groups is 2. The molecule has 1 aromatic rings. The Bertz CT molecular complexity index is 726. The molecule has 0 radical (unpaired) electrons. The van der Waals surface area contributed by atoms with Crippen LogP contribution >= 0.6 is 11.6 Å². The number of rotatable bonds is 5. The number of aliphatic hydroxyl groups is 1. The van der Waals surface area contributed by atoms with Crippen LogP contribution in [0.2, 0.25) is 5.02 Å². The molecule has 1 saturated heterocycles. The summed E-state index contributed by atoms with van der Waals surface area (Å²) in [6.07, 6.45) is -0.740.